The molecule has 0 aliphatic carbocycles. The van der Waals surface area contributed by atoms with Crippen molar-refractivity contribution >= 4 is 27.0 Å². The van der Waals surface area contributed by atoms with Crippen molar-refractivity contribution in [3.05, 3.63) is 34.4 Å². The number of aromatic nitrogens is 2. The van der Waals surface area contributed by atoms with Gasteiger partial charge < -0.3 is 5.73 Å². The number of hydrogen-bond donors (Lipinski definition) is 2. The van der Waals surface area contributed by atoms with E-state index >= 15 is 0 Å². The van der Waals surface area contributed by atoms with Crippen LogP contribution < -0.4 is 10.5 Å². The van der Waals surface area contributed by atoms with Crippen LogP contribution in [0.1, 0.15) is 9.88 Å². The molecular formula is C10H12N4O2S2. The zero-order chi connectivity index (χ0) is 13.2. The average molecular weight is 284 g/mol. The quantitative estimate of drug-likeness (QED) is 0.869. The van der Waals surface area contributed by atoms with Crippen molar-refractivity contribution < 1.29 is 8.42 Å². The van der Waals surface area contributed by atoms with E-state index in [2.05, 4.69) is 14.7 Å². The third-order valence-electron chi connectivity index (χ3n) is 2.14. The average Bonchev–Trinajstić information content (AvgIpc) is 2.73. The summed E-state index contributed by atoms with van der Waals surface area (Å²) in [5.74, 6) is 0. The largest absolute Gasteiger partial charge is 0.396 e. The summed E-state index contributed by atoms with van der Waals surface area (Å²) in [5.41, 5.74) is 5.71. The lowest BCUT2D eigenvalue weighted by Crippen LogP contribution is -2.25. The molecule has 2 aromatic rings. The van der Waals surface area contributed by atoms with E-state index < -0.39 is 10.0 Å². The van der Waals surface area contributed by atoms with Gasteiger partial charge >= 0.3 is 0 Å². The van der Waals surface area contributed by atoms with Gasteiger partial charge in [-0.3, -0.25) is 0 Å². The van der Waals surface area contributed by atoms with Crippen molar-refractivity contribution in [3.63, 3.8) is 0 Å². The molecule has 0 amide bonds. The smallest absolute Gasteiger partial charge is 0.260 e. The van der Waals surface area contributed by atoms with Gasteiger partial charge in [-0.05, 0) is 19.1 Å². The first kappa shape index (κ1) is 12.9. The van der Waals surface area contributed by atoms with E-state index in [-0.39, 0.29) is 17.3 Å². The van der Waals surface area contributed by atoms with Gasteiger partial charge in [-0.2, -0.15) is 0 Å². The third-order valence-corrected chi connectivity index (χ3v) is 4.43. The molecule has 18 heavy (non-hydrogen) atoms. The molecule has 2 heterocycles. The topological polar surface area (TPSA) is 98.0 Å². The number of pyridine rings is 1. The van der Waals surface area contributed by atoms with Crippen LogP contribution in [0.3, 0.4) is 0 Å². The molecule has 0 radical (unpaired) electrons. The van der Waals surface area contributed by atoms with Crippen molar-refractivity contribution in [2.24, 2.45) is 0 Å². The minimum atomic E-state index is -3.70. The van der Waals surface area contributed by atoms with Crippen LogP contribution in [0.2, 0.25) is 0 Å². The predicted molar refractivity (Wildman–Crippen MR) is 69.5 cm³/mol. The summed E-state index contributed by atoms with van der Waals surface area (Å²) in [6, 6.07) is 3.08. The van der Waals surface area contributed by atoms with Crippen LogP contribution in [-0.4, -0.2) is 18.4 Å². The zero-order valence-electron chi connectivity index (χ0n) is 9.62. The van der Waals surface area contributed by atoms with Crippen molar-refractivity contribution in [2.45, 2.75) is 18.5 Å². The van der Waals surface area contributed by atoms with Gasteiger partial charge in [-0.25, -0.2) is 23.1 Å². The first-order valence-corrected chi connectivity index (χ1v) is 7.40. The molecule has 0 aromatic carbocycles. The Morgan fingerprint density at radius 2 is 2.22 bits per heavy atom. The van der Waals surface area contributed by atoms with Crippen LogP contribution in [0.4, 0.5) is 5.69 Å². The maximum absolute atomic E-state index is 12.0. The van der Waals surface area contributed by atoms with E-state index in [0.29, 0.717) is 5.01 Å². The van der Waals surface area contributed by atoms with Crippen molar-refractivity contribution in [3.8, 4) is 0 Å². The summed E-state index contributed by atoms with van der Waals surface area (Å²) in [6.07, 6.45) is 3.09. The normalized spacial score (nSPS) is 11.6. The lowest BCUT2D eigenvalue weighted by atomic mass is 10.4. The van der Waals surface area contributed by atoms with Gasteiger partial charge in [0.05, 0.1) is 12.2 Å². The van der Waals surface area contributed by atoms with Crippen molar-refractivity contribution in [1.29, 1.82) is 0 Å². The number of anilines is 1. The maximum Gasteiger partial charge on any atom is 0.260 e. The fourth-order valence-electron chi connectivity index (χ4n) is 1.34. The van der Waals surface area contributed by atoms with E-state index in [0.717, 1.165) is 4.88 Å². The fraction of sp³-hybridized carbons (Fsp3) is 0.200. The van der Waals surface area contributed by atoms with Crippen LogP contribution in [0.15, 0.2) is 29.6 Å². The minimum absolute atomic E-state index is 0.125. The Bertz CT molecular complexity index is 651. The Morgan fingerprint density at radius 1 is 1.44 bits per heavy atom. The fourth-order valence-corrected chi connectivity index (χ4v) is 3.20. The highest BCUT2D eigenvalue weighted by molar-refractivity contribution is 7.89. The highest BCUT2D eigenvalue weighted by atomic mass is 32.2. The molecule has 0 fully saturated rings. The second-order valence-corrected chi connectivity index (χ2v) is 6.59. The highest BCUT2D eigenvalue weighted by Crippen LogP contribution is 2.15. The molecule has 0 atom stereocenters. The third kappa shape index (κ3) is 2.84. The number of hydrogen-bond acceptors (Lipinski definition) is 6. The van der Waals surface area contributed by atoms with Gasteiger partial charge in [0.1, 0.15) is 5.01 Å². The Balaban J connectivity index is 2.16. The number of aryl methyl sites for hydroxylation is 1. The van der Waals surface area contributed by atoms with Gasteiger partial charge in [0.2, 0.25) is 0 Å². The lowest BCUT2D eigenvalue weighted by Gasteiger charge is -2.06. The Kier molecular flexibility index (Phi) is 3.60. The van der Waals surface area contributed by atoms with Crippen molar-refractivity contribution in [1.82, 2.24) is 14.7 Å². The second-order valence-electron chi connectivity index (χ2n) is 3.59. The molecule has 0 unspecified atom stereocenters. The molecule has 3 N–H and O–H groups in total. The number of nitrogens with one attached hydrogen (secondary N) is 1. The summed E-state index contributed by atoms with van der Waals surface area (Å²) in [4.78, 5) is 8.88. The summed E-state index contributed by atoms with van der Waals surface area (Å²) in [7, 11) is -3.70. The first-order valence-electron chi connectivity index (χ1n) is 5.10. The summed E-state index contributed by atoms with van der Waals surface area (Å²) < 4.78 is 26.3. The van der Waals surface area contributed by atoms with Crippen LogP contribution >= 0.6 is 11.3 Å². The van der Waals surface area contributed by atoms with Gasteiger partial charge in [0.15, 0.2) is 5.03 Å². The lowest BCUT2D eigenvalue weighted by molar-refractivity contribution is 0.578. The SMILES string of the molecule is Cc1cnc(CNS(=O)(=O)c2ncccc2N)s1. The molecule has 96 valence electrons. The number of nitrogens with two attached hydrogens (primary N) is 1. The number of nitrogen functional groups attached to an aromatic ring is 1. The highest BCUT2D eigenvalue weighted by Gasteiger charge is 2.18. The van der Waals surface area contributed by atoms with Crippen LogP contribution in [-0.2, 0) is 16.6 Å². The number of sulfonamides is 1. The zero-order valence-corrected chi connectivity index (χ0v) is 11.3. The number of thiazole rings is 1. The second kappa shape index (κ2) is 5.01. The van der Waals surface area contributed by atoms with Crippen LogP contribution in [0.5, 0.6) is 0 Å². The van der Waals surface area contributed by atoms with Crippen LogP contribution in [0.25, 0.3) is 0 Å². The van der Waals surface area contributed by atoms with Gasteiger partial charge in [-0.15, -0.1) is 11.3 Å². The predicted octanol–water partition coefficient (Wildman–Crippen LogP) is 0.907. The molecule has 2 aromatic heterocycles. The molecular weight excluding hydrogens is 272 g/mol. The van der Waals surface area contributed by atoms with E-state index in [4.69, 9.17) is 5.73 Å². The molecule has 0 aliphatic rings. The molecule has 0 spiro atoms. The molecule has 0 bridgehead atoms. The molecule has 0 saturated heterocycles. The number of nitrogens with zero attached hydrogens (tertiary/aromatic N) is 2. The molecule has 8 heteroatoms. The van der Waals surface area contributed by atoms with Gasteiger partial charge in [0, 0.05) is 17.3 Å². The van der Waals surface area contributed by atoms with Crippen molar-refractivity contribution in [2.75, 3.05) is 5.73 Å². The van der Waals surface area contributed by atoms with Crippen LogP contribution in [0, 0.1) is 6.92 Å². The maximum atomic E-state index is 12.0. The standard InChI is InChI=1S/C10H12N4O2S2/c1-7-5-13-9(17-7)6-14-18(15,16)10-8(11)3-2-4-12-10/h2-5,14H,6,11H2,1H3. The van der Waals surface area contributed by atoms with E-state index in [1.165, 1.54) is 23.6 Å². The summed E-state index contributed by atoms with van der Waals surface area (Å²) >= 11 is 1.44. The van der Waals surface area contributed by atoms with Gasteiger partial charge in [0.25, 0.3) is 10.0 Å². The molecule has 6 nitrogen and oxygen atoms in total. The number of rotatable bonds is 4. The van der Waals surface area contributed by atoms with E-state index in [1.54, 1.807) is 12.3 Å². The minimum Gasteiger partial charge on any atom is -0.396 e. The summed E-state index contributed by atoms with van der Waals surface area (Å²) in [5, 5.41) is 0.545. The monoisotopic (exact) mass is 284 g/mol. The molecule has 2 rings (SSSR count). The summed E-state index contributed by atoms with van der Waals surface area (Å²) in [6.45, 7) is 2.04. The van der Waals surface area contributed by atoms with E-state index in [9.17, 15) is 8.42 Å². The first-order chi connectivity index (χ1) is 8.49. The Morgan fingerprint density at radius 3 is 2.83 bits per heavy atom. The molecule has 0 saturated carbocycles. The van der Waals surface area contributed by atoms with E-state index in [1.807, 2.05) is 6.92 Å². The Hall–Kier alpha value is -1.51. The molecule has 0 aliphatic heterocycles. The Labute approximate surface area is 109 Å². The van der Waals surface area contributed by atoms with Gasteiger partial charge in [-0.1, -0.05) is 0 Å².